The predicted molar refractivity (Wildman–Crippen MR) is 85.0 cm³/mol. The number of alkyl halides is 6. The molecule has 0 aromatic heterocycles. The summed E-state index contributed by atoms with van der Waals surface area (Å²) >= 11 is 4.46. The second-order valence-corrected chi connectivity index (χ2v) is 8.16. The number of nitrogens with zero attached hydrogens (tertiary/aromatic N) is 1. The van der Waals surface area contributed by atoms with Crippen LogP contribution in [-0.4, -0.2) is 51.3 Å². The lowest BCUT2D eigenvalue weighted by molar-refractivity contribution is -0.130. The van der Waals surface area contributed by atoms with Crippen molar-refractivity contribution in [1.29, 1.82) is 0 Å². The zero-order chi connectivity index (χ0) is 18.5. The lowest BCUT2D eigenvalue weighted by Crippen LogP contribution is -2.26. The Kier molecular flexibility index (Phi) is 7.92. The summed E-state index contributed by atoms with van der Waals surface area (Å²) in [6, 6.07) is 0. The van der Waals surface area contributed by atoms with E-state index in [0.717, 1.165) is 0 Å². The third-order valence-corrected chi connectivity index (χ3v) is 4.22. The van der Waals surface area contributed by atoms with Crippen LogP contribution in [-0.2, 0) is 9.59 Å². The Bertz CT molecular complexity index is 457. The van der Waals surface area contributed by atoms with Gasteiger partial charge in [-0.3, -0.25) is 9.59 Å². The molecule has 0 aliphatic carbocycles. The molecular formula is C13H18Br2F4N2O3. The van der Waals surface area contributed by atoms with Crippen molar-refractivity contribution in [2.75, 3.05) is 19.8 Å². The Morgan fingerprint density at radius 3 is 2.00 bits per heavy atom. The quantitative estimate of drug-likeness (QED) is 0.464. The minimum absolute atomic E-state index is 0.0990. The lowest BCUT2D eigenvalue weighted by Gasteiger charge is -2.14. The summed E-state index contributed by atoms with van der Waals surface area (Å²) in [7, 11) is 0. The number of carbonyl (C=O) groups is 2. The summed E-state index contributed by atoms with van der Waals surface area (Å²) in [5.41, 5.74) is 0. The number of likely N-dealkylation sites (tertiary alicyclic amines) is 1. The van der Waals surface area contributed by atoms with E-state index >= 15 is 0 Å². The molecule has 2 N–H and O–H groups in total. The minimum atomic E-state index is -2.91. The summed E-state index contributed by atoms with van der Waals surface area (Å²) in [5.74, 6) is -0.984. The molecule has 0 aromatic rings. The molecule has 2 atom stereocenters. The second kappa shape index (κ2) is 8.79. The van der Waals surface area contributed by atoms with Crippen molar-refractivity contribution in [3.05, 3.63) is 0 Å². The number of aliphatic hydroxyl groups is 1. The number of carbonyl (C=O) groups excluding carboxylic acids is 2. The maximum atomic E-state index is 12.5. The maximum absolute atomic E-state index is 12.5. The van der Waals surface area contributed by atoms with Gasteiger partial charge in [-0.05, 0) is 43.7 Å². The van der Waals surface area contributed by atoms with Crippen molar-refractivity contribution < 1.29 is 32.3 Å². The minimum Gasteiger partial charge on any atom is -0.376 e. The number of aliphatic hydroxyl groups excluding tert-OH is 1. The second-order valence-electron chi connectivity index (χ2n) is 5.84. The molecule has 5 nitrogen and oxygen atoms in total. The van der Waals surface area contributed by atoms with Crippen molar-refractivity contribution in [3.63, 3.8) is 0 Å². The van der Waals surface area contributed by atoms with Gasteiger partial charge in [-0.1, -0.05) is 0 Å². The molecule has 2 rings (SSSR count). The van der Waals surface area contributed by atoms with E-state index in [1.165, 1.54) is 4.90 Å². The summed E-state index contributed by atoms with van der Waals surface area (Å²) in [4.78, 5) is 17.0. The number of hydrogen-bond acceptors (Lipinski definition) is 3. The zero-order valence-corrected chi connectivity index (χ0v) is 15.8. The molecule has 2 heterocycles. The fraction of sp³-hybridized carbons (Fsp3) is 0.846. The highest BCUT2D eigenvalue weighted by atomic mass is 79.9. The van der Waals surface area contributed by atoms with Crippen LogP contribution in [0.1, 0.15) is 25.7 Å². The van der Waals surface area contributed by atoms with Crippen LogP contribution >= 0.6 is 31.9 Å². The molecular weight excluding hydrogens is 468 g/mol. The number of nitrogens with one attached hydrogen (secondary N) is 1. The van der Waals surface area contributed by atoms with E-state index in [1.807, 2.05) is 0 Å². The van der Waals surface area contributed by atoms with Crippen LogP contribution in [0.3, 0.4) is 0 Å². The van der Waals surface area contributed by atoms with E-state index in [0.29, 0.717) is 6.54 Å². The van der Waals surface area contributed by atoms with Crippen LogP contribution in [0.15, 0.2) is 0 Å². The Hall–Kier alpha value is -0.420. The fourth-order valence-corrected chi connectivity index (χ4v) is 3.51. The first-order valence-electron chi connectivity index (χ1n) is 7.18. The average molecular weight is 486 g/mol. The molecule has 0 spiro atoms. The molecule has 2 aliphatic heterocycles. The van der Waals surface area contributed by atoms with Gasteiger partial charge in [-0.25, -0.2) is 0 Å². The van der Waals surface area contributed by atoms with E-state index in [9.17, 15) is 27.2 Å². The molecule has 2 amide bonds. The maximum Gasteiger partial charge on any atom is 0.301 e. The van der Waals surface area contributed by atoms with E-state index in [-0.39, 0.29) is 62.6 Å². The monoisotopic (exact) mass is 484 g/mol. The number of hydrogen-bond donors (Lipinski definition) is 2. The number of halogens is 6. The van der Waals surface area contributed by atoms with Gasteiger partial charge < -0.3 is 15.3 Å². The molecule has 2 aliphatic rings. The molecule has 0 saturated carbocycles. The van der Waals surface area contributed by atoms with Gasteiger partial charge in [-0.15, -0.1) is 0 Å². The highest BCUT2D eigenvalue weighted by molar-refractivity contribution is 9.10. The largest absolute Gasteiger partial charge is 0.376 e. The summed E-state index contributed by atoms with van der Waals surface area (Å²) in [6.07, 6.45) is -0.316. The first-order chi connectivity index (χ1) is 10.9. The summed E-state index contributed by atoms with van der Waals surface area (Å²) in [6.45, 7) is 0.208. The van der Waals surface area contributed by atoms with Gasteiger partial charge >= 0.3 is 9.66 Å². The highest BCUT2D eigenvalue weighted by Crippen LogP contribution is 2.34. The first kappa shape index (κ1) is 21.6. The Balaban J connectivity index is 0.000000243. The molecule has 11 heteroatoms. The standard InChI is InChI=1S/C7H10BrF2NO2.C6H8BrF2NO/c8-7(9,10)2-5-1-6(13)11(3-5)4-12;7-6(8,9)2-4-1-5(11)10-3-4/h5,12H,1-4H2;4H,1-3H2,(H,10,11). The van der Waals surface area contributed by atoms with E-state index in [4.69, 9.17) is 5.11 Å². The van der Waals surface area contributed by atoms with Crippen LogP contribution < -0.4 is 5.32 Å². The molecule has 2 unspecified atom stereocenters. The van der Waals surface area contributed by atoms with Crippen molar-refractivity contribution in [2.24, 2.45) is 11.8 Å². The van der Waals surface area contributed by atoms with Crippen molar-refractivity contribution in [3.8, 4) is 0 Å². The fourth-order valence-electron chi connectivity index (χ4n) is 2.59. The highest BCUT2D eigenvalue weighted by Gasteiger charge is 2.36. The Morgan fingerprint density at radius 2 is 1.62 bits per heavy atom. The van der Waals surface area contributed by atoms with Gasteiger partial charge in [0.25, 0.3) is 0 Å². The number of amides is 2. The SMILES string of the molecule is O=C1CC(CC(F)(F)Br)CN1.O=C1CC(CC(F)(F)Br)CN1CO. The third-order valence-electron chi connectivity index (χ3n) is 3.57. The normalized spacial score (nSPS) is 24.7. The summed E-state index contributed by atoms with van der Waals surface area (Å²) < 4.78 is 49.5. The zero-order valence-electron chi connectivity index (χ0n) is 12.6. The molecule has 0 aromatic carbocycles. The molecule has 140 valence electrons. The van der Waals surface area contributed by atoms with Crippen molar-refractivity contribution in [2.45, 2.75) is 35.3 Å². The topological polar surface area (TPSA) is 69.6 Å². The van der Waals surface area contributed by atoms with Gasteiger partial charge in [0, 0.05) is 38.8 Å². The summed E-state index contributed by atoms with van der Waals surface area (Å²) in [5, 5.41) is 11.2. The van der Waals surface area contributed by atoms with E-state index < -0.39 is 9.66 Å². The lowest BCUT2D eigenvalue weighted by atomic mass is 10.1. The Morgan fingerprint density at radius 1 is 1.08 bits per heavy atom. The van der Waals surface area contributed by atoms with Crippen LogP contribution in [0.4, 0.5) is 17.6 Å². The van der Waals surface area contributed by atoms with Crippen LogP contribution in [0.25, 0.3) is 0 Å². The molecule has 0 radical (unpaired) electrons. The predicted octanol–water partition coefficient (Wildman–Crippen LogP) is 2.66. The van der Waals surface area contributed by atoms with Gasteiger partial charge in [-0.2, -0.15) is 17.6 Å². The van der Waals surface area contributed by atoms with Crippen molar-refractivity contribution in [1.82, 2.24) is 10.2 Å². The first-order valence-corrected chi connectivity index (χ1v) is 8.77. The molecule has 0 bridgehead atoms. The van der Waals surface area contributed by atoms with E-state index in [1.54, 1.807) is 0 Å². The van der Waals surface area contributed by atoms with E-state index in [2.05, 4.69) is 37.2 Å². The van der Waals surface area contributed by atoms with Gasteiger partial charge in [0.2, 0.25) is 11.8 Å². The third kappa shape index (κ3) is 8.61. The molecule has 24 heavy (non-hydrogen) atoms. The van der Waals surface area contributed by atoms with Gasteiger partial charge in [0.05, 0.1) is 0 Å². The van der Waals surface area contributed by atoms with Gasteiger partial charge in [0.1, 0.15) is 6.73 Å². The number of rotatable bonds is 5. The van der Waals surface area contributed by atoms with Crippen LogP contribution in [0.5, 0.6) is 0 Å². The van der Waals surface area contributed by atoms with Crippen LogP contribution in [0.2, 0.25) is 0 Å². The molecule has 2 saturated heterocycles. The Labute approximate surface area is 153 Å². The van der Waals surface area contributed by atoms with Crippen molar-refractivity contribution >= 4 is 43.7 Å². The molecule has 2 fully saturated rings. The van der Waals surface area contributed by atoms with Crippen LogP contribution in [0, 0.1) is 11.8 Å². The smallest absolute Gasteiger partial charge is 0.301 e. The van der Waals surface area contributed by atoms with Gasteiger partial charge in [0.15, 0.2) is 0 Å². The average Bonchev–Trinajstić information content (AvgIpc) is 2.92.